The molecular weight excluding hydrogens is 232 g/mol. The average molecular weight is 256 g/mol. The van der Waals surface area contributed by atoms with Crippen LogP contribution >= 0.6 is 0 Å². The highest BCUT2D eigenvalue weighted by Gasteiger charge is 2.66. The lowest BCUT2D eigenvalue weighted by atomic mass is 9.62. The second-order valence-corrected chi connectivity index (χ2v) is 6.78. The molecule has 0 aromatic heterocycles. The third-order valence-electron chi connectivity index (χ3n) is 3.92. The van der Waals surface area contributed by atoms with Crippen molar-refractivity contribution < 1.29 is 14.3 Å². The molecule has 0 atom stereocenters. The summed E-state index contributed by atoms with van der Waals surface area (Å²) in [4.78, 5) is 14.0. The molecule has 0 radical (unpaired) electrons. The maximum Gasteiger partial charge on any atom is 0.410 e. The molecule has 0 unspecified atom stereocenters. The molecule has 2 saturated heterocycles. The molecular formula is C13H24N2O3. The molecule has 1 aliphatic carbocycles. The van der Waals surface area contributed by atoms with Crippen LogP contribution < -0.4 is 5.73 Å². The van der Waals surface area contributed by atoms with Gasteiger partial charge in [-0.25, -0.2) is 4.79 Å². The van der Waals surface area contributed by atoms with Crippen molar-refractivity contribution in [1.29, 1.82) is 0 Å². The number of nitrogens with zero attached hydrogens (tertiary/aromatic N) is 1. The van der Waals surface area contributed by atoms with E-state index < -0.39 is 5.60 Å². The van der Waals surface area contributed by atoms with E-state index >= 15 is 0 Å². The summed E-state index contributed by atoms with van der Waals surface area (Å²) in [6.07, 6.45) is 1.62. The Kier molecular flexibility index (Phi) is 3.10. The number of amides is 1. The van der Waals surface area contributed by atoms with Gasteiger partial charge in [-0.2, -0.15) is 0 Å². The van der Waals surface area contributed by atoms with Gasteiger partial charge in [0.15, 0.2) is 0 Å². The smallest absolute Gasteiger partial charge is 0.410 e. The topological polar surface area (TPSA) is 64.8 Å². The second-order valence-electron chi connectivity index (χ2n) is 6.78. The van der Waals surface area contributed by atoms with Crippen molar-refractivity contribution in [1.82, 2.24) is 4.90 Å². The maximum atomic E-state index is 12.2. The van der Waals surface area contributed by atoms with Gasteiger partial charge in [-0.15, -0.1) is 0 Å². The lowest BCUT2D eigenvalue weighted by molar-refractivity contribution is -0.00822. The number of fused-ring (bicyclic) bond motifs is 1. The van der Waals surface area contributed by atoms with Crippen LogP contribution in [0.5, 0.6) is 0 Å². The molecule has 3 aliphatic rings. The van der Waals surface area contributed by atoms with Gasteiger partial charge in [-0.3, -0.25) is 0 Å². The Labute approximate surface area is 109 Å². The van der Waals surface area contributed by atoms with Gasteiger partial charge >= 0.3 is 6.09 Å². The van der Waals surface area contributed by atoms with Crippen molar-refractivity contribution in [3.05, 3.63) is 0 Å². The van der Waals surface area contributed by atoms with Gasteiger partial charge < -0.3 is 20.1 Å². The zero-order valence-electron chi connectivity index (χ0n) is 11.8. The van der Waals surface area contributed by atoms with Crippen molar-refractivity contribution >= 4 is 6.09 Å². The fraction of sp³-hybridized carbons (Fsp3) is 0.923. The Morgan fingerprint density at radius 1 is 1.39 bits per heavy atom. The first-order valence-corrected chi connectivity index (χ1v) is 6.46. The lowest BCUT2D eigenvalue weighted by Crippen LogP contribution is -2.57. The largest absolute Gasteiger partial charge is 0.444 e. The molecule has 5 nitrogen and oxygen atoms in total. The van der Waals surface area contributed by atoms with E-state index in [2.05, 4.69) is 0 Å². The fourth-order valence-corrected chi connectivity index (χ4v) is 3.43. The lowest BCUT2D eigenvalue weighted by Gasteiger charge is -2.46. The third-order valence-corrected chi connectivity index (χ3v) is 3.92. The van der Waals surface area contributed by atoms with E-state index in [0.717, 1.165) is 12.8 Å². The van der Waals surface area contributed by atoms with Crippen LogP contribution in [0.25, 0.3) is 0 Å². The van der Waals surface area contributed by atoms with Gasteiger partial charge in [0.2, 0.25) is 0 Å². The number of carbonyl (C=O) groups excluding carboxylic acids is 1. The molecule has 5 heteroatoms. The first-order valence-electron chi connectivity index (χ1n) is 6.46. The van der Waals surface area contributed by atoms with Crippen LogP contribution in [0.3, 0.4) is 0 Å². The number of methoxy groups -OCH3 is 1. The number of rotatable bonds is 3. The van der Waals surface area contributed by atoms with Crippen LogP contribution in [-0.4, -0.2) is 48.9 Å². The van der Waals surface area contributed by atoms with Crippen molar-refractivity contribution in [3.63, 3.8) is 0 Å². The zero-order valence-corrected chi connectivity index (χ0v) is 11.8. The van der Waals surface area contributed by atoms with Gasteiger partial charge in [0.1, 0.15) is 5.60 Å². The van der Waals surface area contributed by atoms with Gasteiger partial charge in [0, 0.05) is 25.6 Å². The fourth-order valence-electron chi connectivity index (χ4n) is 3.43. The van der Waals surface area contributed by atoms with Crippen LogP contribution in [0.2, 0.25) is 0 Å². The van der Waals surface area contributed by atoms with Crippen LogP contribution in [-0.2, 0) is 9.47 Å². The molecule has 104 valence electrons. The van der Waals surface area contributed by atoms with Gasteiger partial charge in [-0.1, -0.05) is 0 Å². The molecule has 0 spiro atoms. The Balaban J connectivity index is 2.08. The molecule has 0 aromatic carbocycles. The highest BCUT2D eigenvalue weighted by atomic mass is 16.6. The molecule has 2 bridgehead atoms. The third kappa shape index (κ3) is 2.10. The number of ether oxygens (including phenoxy) is 2. The minimum absolute atomic E-state index is 0.102. The molecule has 2 aliphatic heterocycles. The molecule has 2 heterocycles. The number of hydrogen-bond acceptors (Lipinski definition) is 4. The summed E-state index contributed by atoms with van der Waals surface area (Å²) in [5.74, 6) is 0. The van der Waals surface area contributed by atoms with Crippen molar-refractivity contribution in [2.24, 2.45) is 11.1 Å². The summed E-state index contributed by atoms with van der Waals surface area (Å²) in [6, 6.07) is 0. The zero-order chi connectivity index (χ0) is 13.6. The molecule has 0 aromatic rings. The number of nitrogens with two attached hydrogens (primary N) is 1. The van der Waals surface area contributed by atoms with E-state index in [9.17, 15) is 4.79 Å². The highest BCUT2D eigenvalue weighted by molar-refractivity contribution is 5.71. The molecule has 3 fully saturated rings. The van der Waals surface area contributed by atoms with Crippen molar-refractivity contribution in [3.8, 4) is 0 Å². The maximum absolute atomic E-state index is 12.2. The minimum atomic E-state index is -0.464. The summed E-state index contributed by atoms with van der Waals surface area (Å²) in [5.41, 5.74) is 5.31. The van der Waals surface area contributed by atoms with Gasteiger partial charge in [0.05, 0.1) is 12.1 Å². The Hall–Kier alpha value is -0.810. The number of carbonyl (C=O) groups is 1. The monoisotopic (exact) mass is 256 g/mol. The summed E-state index contributed by atoms with van der Waals surface area (Å²) in [6.45, 7) is 7.53. The van der Waals surface area contributed by atoms with E-state index in [4.69, 9.17) is 15.2 Å². The standard InChI is InChI=1S/C13H24N2O3/c1-11(2,3)18-10(16)15-8-12(9-17-4)5-13(15,6-12)7-14/h5-9,14H2,1-4H3. The molecule has 1 amide bonds. The minimum Gasteiger partial charge on any atom is -0.444 e. The van der Waals surface area contributed by atoms with Crippen LogP contribution in [0.4, 0.5) is 4.79 Å². The van der Waals surface area contributed by atoms with Crippen LogP contribution in [0.1, 0.15) is 33.6 Å². The van der Waals surface area contributed by atoms with E-state index in [-0.39, 0.29) is 17.0 Å². The normalized spacial score (nSPS) is 34.4. The van der Waals surface area contributed by atoms with E-state index in [1.165, 1.54) is 0 Å². The van der Waals surface area contributed by atoms with Gasteiger partial charge in [-0.05, 0) is 33.6 Å². The van der Waals surface area contributed by atoms with E-state index in [0.29, 0.717) is 19.7 Å². The van der Waals surface area contributed by atoms with Crippen LogP contribution in [0, 0.1) is 5.41 Å². The van der Waals surface area contributed by atoms with Crippen molar-refractivity contribution in [2.45, 2.75) is 44.8 Å². The van der Waals surface area contributed by atoms with Gasteiger partial charge in [0.25, 0.3) is 0 Å². The predicted molar refractivity (Wildman–Crippen MR) is 68.3 cm³/mol. The van der Waals surface area contributed by atoms with Crippen LogP contribution in [0.15, 0.2) is 0 Å². The Bertz CT molecular complexity index is 343. The SMILES string of the molecule is COCC12CN(C(=O)OC(C)(C)C)C(CN)(C1)C2. The highest BCUT2D eigenvalue weighted by Crippen LogP contribution is 2.59. The number of hydrogen-bond donors (Lipinski definition) is 1. The van der Waals surface area contributed by atoms with E-state index in [1.54, 1.807) is 7.11 Å². The Morgan fingerprint density at radius 3 is 2.44 bits per heavy atom. The first kappa shape index (κ1) is 13.6. The van der Waals surface area contributed by atoms with E-state index in [1.807, 2.05) is 25.7 Å². The Morgan fingerprint density at radius 2 is 2.00 bits per heavy atom. The molecule has 18 heavy (non-hydrogen) atoms. The average Bonchev–Trinajstić information content (AvgIpc) is 2.66. The molecule has 1 saturated carbocycles. The molecule has 2 N–H and O–H groups in total. The molecule has 3 rings (SSSR count). The van der Waals surface area contributed by atoms with Crippen molar-refractivity contribution in [2.75, 3.05) is 26.8 Å². The summed E-state index contributed by atoms with van der Waals surface area (Å²) in [7, 11) is 1.70. The quantitative estimate of drug-likeness (QED) is 0.828. The summed E-state index contributed by atoms with van der Waals surface area (Å²) in [5, 5.41) is 0. The summed E-state index contributed by atoms with van der Waals surface area (Å²) < 4.78 is 10.7. The first-order chi connectivity index (χ1) is 8.26. The second kappa shape index (κ2) is 4.10. The summed E-state index contributed by atoms with van der Waals surface area (Å²) >= 11 is 0. The predicted octanol–water partition coefficient (Wildman–Crippen LogP) is 1.36.